The van der Waals surface area contributed by atoms with Gasteiger partial charge in [-0.3, -0.25) is 5.10 Å². The lowest BCUT2D eigenvalue weighted by Gasteiger charge is -2.15. The molecule has 164 valence electrons. The summed E-state index contributed by atoms with van der Waals surface area (Å²) in [4.78, 5) is 8.17. The molecular formula is C19H16F6N6. The Morgan fingerprint density at radius 1 is 0.839 bits per heavy atom. The van der Waals surface area contributed by atoms with Gasteiger partial charge in [-0.1, -0.05) is 0 Å². The predicted octanol–water partition coefficient (Wildman–Crippen LogP) is 5.91. The maximum absolute atomic E-state index is 13.1. The summed E-state index contributed by atoms with van der Waals surface area (Å²) in [6, 6.07) is 4.60. The number of alkyl halides is 6. The molecular weight excluding hydrogens is 426 g/mol. The maximum Gasteiger partial charge on any atom is 0.416 e. The number of anilines is 4. The van der Waals surface area contributed by atoms with Crippen LogP contribution < -0.4 is 10.6 Å². The lowest BCUT2D eigenvalue weighted by Crippen LogP contribution is -2.12. The monoisotopic (exact) mass is 442 g/mol. The second kappa shape index (κ2) is 7.43. The summed E-state index contributed by atoms with van der Waals surface area (Å²) in [7, 11) is 0. The van der Waals surface area contributed by atoms with E-state index < -0.39 is 29.2 Å². The van der Waals surface area contributed by atoms with Crippen LogP contribution in [-0.4, -0.2) is 20.2 Å². The number of aromatic amines is 1. The summed E-state index contributed by atoms with van der Waals surface area (Å²) in [5.41, 5.74) is -1.87. The topological polar surface area (TPSA) is 78.5 Å². The first-order valence-corrected chi connectivity index (χ1v) is 9.22. The maximum atomic E-state index is 13.1. The van der Waals surface area contributed by atoms with E-state index in [0.717, 1.165) is 18.5 Å². The smallest absolute Gasteiger partial charge is 0.324 e. The third kappa shape index (κ3) is 5.06. The Bertz CT molecular complexity index is 1070. The predicted molar refractivity (Wildman–Crippen MR) is 100 cm³/mol. The van der Waals surface area contributed by atoms with Crippen molar-refractivity contribution in [2.75, 3.05) is 10.6 Å². The number of nitrogens with zero attached hydrogens (tertiary/aromatic N) is 3. The average molecular weight is 442 g/mol. The fourth-order valence-corrected chi connectivity index (χ4v) is 2.98. The van der Waals surface area contributed by atoms with E-state index in [-0.39, 0.29) is 17.8 Å². The zero-order chi connectivity index (χ0) is 22.4. The van der Waals surface area contributed by atoms with Gasteiger partial charge in [0.1, 0.15) is 5.82 Å². The van der Waals surface area contributed by atoms with Crippen LogP contribution in [0.5, 0.6) is 0 Å². The fraction of sp³-hybridized carbons (Fsp3) is 0.316. The van der Waals surface area contributed by atoms with Crippen molar-refractivity contribution in [1.29, 1.82) is 0 Å². The van der Waals surface area contributed by atoms with E-state index in [2.05, 4.69) is 30.8 Å². The van der Waals surface area contributed by atoms with E-state index in [1.165, 1.54) is 0 Å². The van der Waals surface area contributed by atoms with Crippen LogP contribution >= 0.6 is 0 Å². The number of halogens is 6. The molecule has 0 unspecified atom stereocenters. The molecule has 0 bridgehead atoms. The molecule has 6 nitrogen and oxygen atoms in total. The first kappa shape index (κ1) is 20.9. The number of nitrogens with one attached hydrogen (secondary N) is 3. The first-order valence-electron chi connectivity index (χ1n) is 9.22. The van der Waals surface area contributed by atoms with Gasteiger partial charge in [0, 0.05) is 35.1 Å². The molecule has 3 aromatic rings. The van der Waals surface area contributed by atoms with Crippen LogP contribution in [0.15, 0.2) is 30.3 Å². The number of hydrogen-bond donors (Lipinski definition) is 3. The minimum atomic E-state index is -4.95. The Morgan fingerprint density at radius 3 is 2.06 bits per heavy atom. The van der Waals surface area contributed by atoms with Gasteiger partial charge in [0.05, 0.1) is 11.1 Å². The van der Waals surface area contributed by atoms with Crippen molar-refractivity contribution in [3.8, 4) is 0 Å². The van der Waals surface area contributed by atoms with Crippen molar-refractivity contribution >= 4 is 23.3 Å². The molecule has 0 saturated heterocycles. The van der Waals surface area contributed by atoms with Gasteiger partial charge in [0.15, 0.2) is 5.82 Å². The Balaban J connectivity index is 1.61. The zero-order valence-corrected chi connectivity index (χ0v) is 16.0. The second-order valence-electron chi connectivity index (χ2n) is 7.25. The number of benzene rings is 1. The molecule has 0 amide bonds. The quantitative estimate of drug-likeness (QED) is 0.428. The highest BCUT2D eigenvalue weighted by molar-refractivity contribution is 5.60. The van der Waals surface area contributed by atoms with Crippen LogP contribution in [0.2, 0.25) is 0 Å². The van der Waals surface area contributed by atoms with Crippen molar-refractivity contribution in [3.05, 3.63) is 52.8 Å². The summed E-state index contributed by atoms with van der Waals surface area (Å²) in [5.74, 6) is 1.07. The third-order valence-corrected chi connectivity index (χ3v) is 4.57. The summed E-state index contributed by atoms with van der Waals surface area (Å²) < 4.78 is 78.4. The summed E-state index contributed by atoms with van der Waals surface area (Å²) >= 11 is 0. The van der Waals surface area contributed by atoms with E-state index >= 15 is 0 Å². The molecule has 2 heterocycles. The van der Waals surface area contributed by atoms with Gasteiger partial charge in [0.25, 0.3) is 0 Å². The fourth-order valence-electron chi connectivity index (χ4n) is 2.98. The van der Waals surface area contributed by atoms with Crippen molar-refractivity contribution in [1.82, 2.24) is 20.2 Å². The summed E-state index contributed by atoms with van der Waals surface area (Å²) in [6.07, 6.45) is -7.73. The standard InChI is InChI=1S/C19H16F6N6/c1-9-4-15(28-16-8-14(30-31-16)10-2-3-10)29-17(26-9)27-13-6-11(18(20,21)22)5-12(7-13)19(23,24)25/h4-8,10H,2-3H2,1H3,(H3,26,27,28,29,30,31). The summed E-state index contributed by atoms with van der Waals surface area (Å²) in [5, 5.41) is 12.4. The first-order chi connectivity index (χ1) is 14.5. The Morgan fingerprint density at radius 2 is 1.48 bits per heavy atom. The minimum Gasteiger partial charge on any atom is -0.324 e. The molecule has 1 fully saturated rings. The van der Waals surface area contributed by atoms with Crippen LogP contribution in [0.1, 0.15) is 41.3 Å². The second-order valence-corrected chi connectivity index (χ2v) is 7.25. The van der Waals surface area contributed by atoms with E-state index in [4.69, 9.17) is 0 Å². The Kier molecular flexibility index (Phi) is 5.02. The number of hydrogen-bond acceptors (Lipinski definition) is 5. The van der Waals surface area contributed by atoms with Gasteiger partial charge in [0.2, 0.25) is 5.95 Å². The molecule has 12 heteroatoms. The van der Waals surface area contributed by atoms with E-state index in [9.17, 15) is 26.3 Å². The van der Waals surface area contributed by atoms with Crippen LogP contribution in [-0.2, 0) is 12.4 Å². The highest BCUT2D eigenvalue weighted by Crippen LogP contribution is 2.40. The largest absolute Gasteiger partial charge is 0.416 e. The molecule has 1 aromatic carbocycles. The Hall–Kier alpha value is -3.31. The van der Waals surface area contributed by atoms with E-state index in [1.54, 1.807) is 13.0 Å². The lowest BCUT2D eigenvalue weighted by atomic mass is 10.1. The van der Waals surface area contributed by atoms with Crippen molar-refractivity contribution in [2.45, 2.75) is 38.0 Å². The molecule has 1 aliphatic rings. The third-order valence-electron chi connectivity index (χ3n) is 4.57. The van der Waals surface area contributed by atoms with Crippen LogP contribution in [0.4, 0.5) is 49.6 Å². The highest BCUT2D eigenvalue weighted by Gasteiger charge is 2.37. The van der Waals surface area contributed by atoms with Gasteiger partial charge in [-0.25, -0.2) is 4.98 Å². The molecule has 0 radical (unpaired) electrons. The van der Waals surface area contributed by atoms with Crippen molar-refractivity contribution in [3.63, 3.8) is 0 Å². The molecule has 0 spiro atoms. The van der Waals surface area contributed by atoms with Gasteiger partial charge in [-0.15, -0.1) is 0 Å². The van der Waals surface area contributed by atoms with E-state index in [1.807, 2.05) is 6.07 Å². The molecule has 1 aliphatic carbocycles. The Labute approximate surface area is 172 Å². The molecule has 4 rings (SSSR count). The SMILES string of the molecule is Cc1cc(Nc2cc(C3CC3)[nH]n2)nc(Nc2cc(C(F)(F)F)cc(C(F)(F)F)c2)n1. The average Bonchev–Trinajstić information content (AvgIpc) is 3.39. The van der Waals surface area contributed by atoms with Gasteiger partial charge in [-0.2, -0.15) is 36.4 Å². The molecule has 0 atom stereocenters. The molecule has 31 heavy (non-hydrogen) atoms. The minimum absolute atomic E-state index is 0.0598. The number of aryl methyl sites for hydroxylation is 1. The molecule has 1 saturated carbocycles. The highest BCUT2D eigenvalue weighted by atomic mass is 19.4. The van der Waals surface area contributed by atoms with Gasteiger partial charge in [-0.05, 0) is 38.0 Å². The van der Waals surface area contributed by atoms with Crippen molar-refractivity contribution < 1.29 is 26.3 Å². The zero-order valence-electron chi connectivity index (χ0n) is 16.0. The van der Waals surface area contributed by atoms with Gasteiger partial charge >= 0.3 is 12.4 Å². The molecule has 3 N–H and O–H groups in total. The van der Waals surface area contributed by atoms with Crippen LogP contribution in [0.3, 0.4) is 0 Å². The molecule has 0 aliphatic heterocycles. The van der Waals surface area contributed by atoms with Gasteiger partial charge < -0.3 is 10.6 Å². The normalized spacial score (nSPS) is 14.5. The van der Waals surface area contributed by atoms with Crippen LogP contribution in [0, 0.1) is 6.92 Å². The number of H-pyrrole nitrogens is 1. The number of rotatable bonds is 5. The van der Waals surface area contributed by atoms with E-state index in [0.29, 0.717) is 29.6 Å². The molecule has 2 aromatic heterocycles. The summed E-state index contributed by atoms with van der Waals surface area (Å²) in [6.45, 7) is 1.62. The number of aromatic nitrogens is 4. The van der Waals surface area contributed by atoms with Crippen molar-refractivity contribution in [2.24, 2.45) is 0 Å². The van der Waals surface area contributed by atoms with Crippen LogP contribution in [0.25, 0.3) is 0 Å². The lowest BCUT2D eigenvalue weighted by molar-refractivity contribution is -0.143.